The van der Waals surface area contributed by atoms with E-state index in [9.17, 15) is 9.59 Å². The fourth-order valence-electron chi connectivity index (χ4n) is 1.72. The zero-order chi connectivity index (χ0) is 14.5. The van der Waals surface area contributed by atoms with Crippen LogP contribution >= 0.6 is 11.3 Å². The third kappa shape index (κ3) is 3.05. The Labute approximate surface area is 121 Å². The molecule has 0 saturated carbocycles. The molecule has 0 aliphatic carbocycles. The molecule has 5 heteroatoms. The van der Waals surface area contributed by atoms with Gasteiger partial charge in [0, 0.05) is 10.9 Å². The average Bonchev–Trinajstić information content (AvgIpc) is 2.81. The highest BCUT2D eigenvalue weighted by molar-refractivity contribution is 7.14. The number of hydrogen-bond donors (Lipinski definition) is 1. The minimum Gasteiger partial charge on any atom is -0.462 e. The summed E-state index contributed by atoms with van der Waals surface area (Å²) < 4.78 is 4.97. The van der Waals surface area contributed by atoms with Crippen LogP contribution < -0.4 is 5.32 Å². The van der Waals surface area contributed by atoms with Gasteiger partial charge in [-0.15, -0.1) is 11.3 Å². The van der Waals surface area contributed by atoms with Gasteiger partial charge in [0.2, 0.25) is 0 Å². The molecule has 0 fully saturated rings. The second-order valence-corrected chi connectivity index (χ2v) is 5.02. The average molecular weight is 289 g/mol. The van der Waals surface area contributed by atoms with E-state index in [2.05, 4.69) is 5.32 Å². The highest BCUT2D eigenvalue weighted by atomic mass is 32.1. The van der Waals surface area contributed by atoms with E-state index in [1.165, 1.54) is 11.3 Å². The van der Waals surface area contributed by atoms with E-state index in [0.717, 1.165) is 5.56 Å². The van der Waals surface area contributed by atoms with Crippen LogP contribution in [0, 0.1) is 6.92 Å². The molecule has 20 heavy (non-hydrogen) atoms. The first-order chi connectivity index (χ1) is 9.63. The van der Waals surface area contributed by atoms with Crippen LogP contribution in [0.15, 0.2) is 35.7 Å². The lowest BCUT2D eigenvalue weighted by Gasteiger charge is -2.05. The molecule has 1 aromatic heterocycles. The number of carbonyl (C=O) groups is 2. The normalized spacial score (nSPS) is 10.1. The molecule has 0 saturated heterocycles. The molecule has 1 heterocycles. The van der Waals surface area contributed by atoms with Crippen molar-refractivity contribution in [3.8, 4) is 0 Å². The summed E-state index contributed by atoms with van der Waals surface area (Å²) in [6, 6.07) is 8.95. The number of ether oxygens (including phenoxy) is 1. The summed E-state index contributed by atoms with van der Waals surface area (Å²) >= 11 is 1.32. The molecule has 2 aromatic rings. The highest BCUT2D eigenvalue weighted by Crippen LogP contribution is 2.28. The number of anilines is 1. The van der Waals surface area contributed by atoms with Crippen LogP contribution in [0.4, 0.5) is 5.00 Å². The van der Waals surface area contributed by atoms with Crippen LogP contribution in [-0.4, -0.2) is 18.5 Å². The Bertz CT molecular complexity index is 619. The molecule has 1 amide bonds. The minimum atomic E-state index is -0.360. The van der Waals surface area contributed by atoms with Crippen molar-refractivity contribution in [2.75, 3.05) is 11.9 Å². The quantitative estimate of drug-likeness (QED) is 0.877. The lowest BCUT2D eigenvalue weighted by atomic mass is 10.2. The van der Waals surface area contributed by atoms with Gasteiger partial charge in [0.1, 0.15) is 0 Å². The number of thiophene rings is 1. The standard InChI is InChI=1S/C15H15NO3S/c1-3-19-15(18)12-9-20-14(10(12)2)16-13(17)11-7-5-4-6-8-11/h4-9H,3H2,1-2H3,(H,16,17). The molecule has 0 radical (unpaired) electrons. The zero-order valence-electron chi connectivity index (χ0n) is 11.3. The largest absolute Gasteiger partial charge is 0.462 e. The first kappa shape index (κ1) is 14.3. The summed E-state index contributed by atoms with van der Waals surface area (Å²) in [6.07, 6.45) is 0. The van der Waals surface area contributed by atoms with Gasteiger partial charge in [0.05, 0.1) is 17.2 Å². The van der Waals surface area contributed by atoms with Crippen LogP contribution in [0.25, 0.3) is 0 Å². The van der Waals surface area contributed by atoms with Crippen LogP contribution in [0.3, 0.4) is 0 Å². The number of benzene rings is 1. The lowest BCUT2D eigenvalue weighted by Crippen LogP contribution is -2.12. The van der Waals surface area contributed by atoms with Gasteiger partial charge in [-0.2, -0.15) is 0 Å². The van der Waals surface area contributed by atoms with Crippen molar-refractivity contribution in [1.82, 2.24) is 0 Å². The first-order valence-electron chi connectivity index (χ1n) is 6.25. The van der Waals surface area contributed by atoms with Crippen LogP contribution in [-0.2, 0) is 4.74 Å². The third-order valence-electron chi connectivity index (χ3n) is 2.80. The minimum absolute atomic E-state index is 0.189. The van der Waals surface area contributed by atoms with Gasteiger partial charge in [0.25, 0.3) is 5.91 Å². The van der Waals surface area contributed by atoms with Crippen molar-refractivity contribution in [3.05, 3.63) is 52.4 Å². The van der Waals surface area contributed by atoms with E-state index in [0.29, 0.717) is 22.7 Å². The maximum absolute atomic E-state index is 12.1. The fourth-order valence-corrected chi connectivity index (χ4v) is 2.66. The molecule has 4 nitrogen and oxygen atoms in total. The van der Waals surface area contributed by atoms with Crippen molar-refractivity contribution in [1.29, 1.82) is 0 Å². The monoisotopic (exact) mass is 289 g/mol. The number of carbonyl (C=O) groups excluding carboxylic acids is 2. The van der Waals surface area contributed by atoms with E-state index in [1.54, 1.807) is 43.5 Å². The van der Waals surface area contributed by atoms with E-state index in [4.69, 9.17) is 4.74 Å². The molecule has 0 aliphatic heterocycles. The van der Waals surface area contributed by atoms with Gasteiger partial charge in [0.15, 0.2) is 0 Å². The Morgan fingerprint density at radius 2 is 1.95 bits per heavy atom. The molecule has 1 aromatic carbocycles. The topological polar surface area (TPSA) is 55.4 Å². The Kier molecular flexibility index (Phi) is 4.53. The van der Waals surface area contributed by atoms with E-state index < -0.39 is 0 Å². The Morgan fingerprint density at radius 3 is 2.60 bits per heavy atom. The number of hydrogen-bond acceptors (Lipinski definition) is 4. The van der Waals surface area contributed by atoms with Crippen molar-refractivity contribution in [3.63, 3.8) is 0 Å². The van der Waals surface area contributed by atoms with Crippen molar-refractivity contribution < 1.29 is 14.3 Å². The Hall–Kier alpha value is -2.14. The van der Waals surface area contributed by atoms with Gasteiger partial charge in [-0.05, 0) is 31.5 Å². The smallest absolute Gasteiger partial charge is 0.339 e. The van der Waals surface area contributed by atoms with Gasteiger partial charge < -0.3 is 10.1 Å². The third-order valence-corrected chi connectivity index (χ3v) is 3.80. The summed E-state index contributed by atoms with van der Waals surface area (Å²) in [5, 5.41) is 5.19. The number of nitrogens with one attached hydrogen (secondary N) is 1. The van der Waals surface area contributed by atoms with Crippen molar-refractivity contribution in [2.45, 2.75) is 13.8 Å². The maximum Gasteiger partial charge on any atom is 0.339 e. The van der Waals surface area contributed by atoms with Gasteiger partial charge in [-0.3, -0.25) is 4.79 Å². The summed E-state index contributed by atoms with van der Waals surface area (Å²) in [5.41, 5.74) is 1.82. The molecule has 0 atom stereocenters. The molecule has 0 unspecified atom stereocenters. The predicted molar refractivity (Wildman–Crippen MR) is 79.4 cm³/mol. The molecule has 1 N–H and O–H groups in total. The lowest BCUT2D eigenvalue weighted by molar-refractivity contribution is 0.0526. The van der Waals surface area contributed by atoms with E-state index >= 15 is 0 Å². The van der Waals surface area contributed by atoms with Crippen molar-refractivity contribution >= 4 is 28.2 Å². The first-order valence-corrected chi connectivity index (χ1v) is 7.13. The number of esters is 1. The Balaban J connectivity index is 2.15. The maximum atomic E-state index is 12.1. The molecule has 2 rings (SSSR count). The van der Waals surface area contributed by atoms with Gasteiger partial charge >= 0.3 is 5.97 Å². The predicted octanol–water partition coefficient (Wildman–Crippen LogP) is 3.49. The fraction of sp³-hybridized carbons (Fsp3) is 0.200. The SMILES string of the molecule is CCOC(=O)c1csc(NC(=O)c2ccccc2)c1C. The second kappa shape index (κ2) is 6.34. The summed E-state index contributed by atoms with van der Waals surface area (Å²) in [6.45, 7) is 3.89. The highest BCUT2D eigenvalue weighted by Gasteiger charge is 2.17. The van der Waals surface area contributed by atoms with Crippen LogP contribution in [0.1, 0.15) is 33.2 Å². The number of rotatable bonds is 4. The molecular weight excluding hydrogens is 274 g/mol. The van der Waals surface area contributed by atoms with E-state index in [-0.39, 0.29) is 11.9 Å². The van der Waals surface area contributed by atoms with Crippen molar-refractivity contribution in [2.24, 2.45) is 0 Å². The Morgan fingerprint density at radius 1 is 1.25 bits per heavy atom. The molecular formula is C15H15NO3S. The number of amides is 1. The molecule has 104 valence electrons. The second-order valence-electron chi connectivity index (χ2n) is 4.14. The molecule has 0 aliphatic rings. The van der Waals surface area contributed by atoms with Crippen LogP contribution in [0.2, 0.25) is 0 Å². The van der Waals surface area contributed by atoms with Gasteiger partial charge in [-0.25, -0.2) is 4.79 Å². The summed E-state index contributed by atoms with van der Waals surface area (Å²) in [5.74, 6) is -0.549. The van der Waals surface area contributed by atoms with Gasteiger partial charge in [-0.1, -0.05) is 18.2 Å². The molecule has 0 bridgehead atoms. The van der Waals surface area contributed by atoms with E-state index in [1.807, 2.05) is 6.07 Å². The van der Waals surface area contributed by atoms with Crippen LogP contribution in [0.5, 0.6) is 0 Å². The summed E-state index contributed by atoms with van der Waals surface area (Å²) in [4.78, 5) is 23.8. The zero-order valence-corrected chi connectivity index (χ0v) is 12.1. The summed E-state index contributed by atoms with van der Waals surface area (Å²) in [7, 11) is 0. The molecule has 0 spiro atoms.